The zero-order valence-corrected chi connectivity index (χ0v) is 13.5. The van der Waals surface area contributed by atoms with Crippen molar-refractivity contribution in [2.75, 3.05) is 19.8 Å². The molecule has 5 nitrogen and oxygen atoms in total. The summed E-state index contributed by atoms with van der Waals surface area (Å²) in [6.45, 7) is 7.36. The van der Waals surface area contributed by atoms with E-state index in [4.69, 9.17) is 4.74 Å². The maximum absolute atomic E-state index is 13.0. The number of nitrogens with zero attached hydrogens (tertiary/aromatic N) is 1. The fraction of sp³-hybridized carbons (Fsp3) is 0.875. The molecule has 0 aromatic carbocycles. The normalized spacial score (nSPS) is 24.2. The van der Waals surface area contributed by atoms with Crippen LogP contribution in [0.5, 0.6) is 0 Å². The van der Waals surface area contributed by atoms with Gasteiger partial charge in [0.15, 0.2) is 0 Å². The van der Waals surface area contributed by atoms with Crippen molar-refractivity contribution in [3.63, 3.8) is 0 Å². The van der Waals surface area contributed by atoms with E-state index in [2.05, 4.69) is 12.2 Å². The van der Waals surface area contributed by atoms with Gasteiger partial charge in [-0.2, -0.15) is 0 Å². The summed E-state index contributed by atoms with van der Waals surface area (Å²) in [5.41, 5.74) is -1.45. The highest BCUT2D eigenvalue weighted by molar-refractivity contribution is 6.01. The lowest BCUT2D eigenvalue weighted by atomic mass is 9.76. The van der Waals surface area contributed by atoms with Crippen LogP contribution in [-0.4, -0.2) is 47.6 Å². The van der Waals surface area contributed by atoms with Crippen molar-refractivity contribution in [2.45, 2.75) is 70.4 Å². The highest BCUT2D eigenvalue weighted by Crippen LogP contribution is 2.35. The van der Waals surface area contributed by atoms with Gasteiger partial charge >= 0.3 is 0 Å². The van der Waals surface area contributed by atoms with E-state index in [-0.39, 0.29) is 11.8 Å². The number of rotatable bonds is 5. The lowest BCUT2D eigenvalue weighted by molar-refractivity contribution is -0.163. The summed E-state index contributed by atoms with van der Waals surface area (Å²) < 4.78 is 5.51. The van der Waals surface area contributed by atoms with Crippen LogP contribution in [0.15, 0.2) is 0 Å². The quantitative estimate of drug-likeness (QED) is 0.788. The average molecular weight is 296 g/mol. The van der Waals surface area contributed by atoms with Gasteiger partial charge in [-0.1, -0.05) is 26.2 Å². The van der Waals surface area contributed by atoms with Crippen LogP contribution in [0.1, 0.15) is 59.3 Å². The predicted octanol–water partition coefficient (Wildman–Crippen LogP) is 1.85. The molecule has 2 fully saturated rings. The highest BCUT2D eigenvalue weighted by atomic mass is 16.5. The fourth-order valence-corrected chi connectivity index (χ4v) is 3.34. The van der Waals surface area contributed by atoms with Gasteiger partial charge in [-0.05, 0) is 33.1 Å². The number of nitrogens with one attached hydrogen (secondary N) is 1. The Morgan fingerprint density at radius 2 is 1.81 bits per heavy atom. The zero-order valence-electron chi connectivity index (χ0n) is 13.5. The molecule has 2 amide bonds. The summed E-state index contributed by atoms with van der Waals surface area (Å²) in [6.07, 6.45) is 5.65. The Bertz CT molecular complexity index is 400. The fourth-order valence-electron chi connectivity index (χ4n) is 3.34. The summed E-state index contributed by atoms with van der Waals surface area (Å²) in [7, 11) is 0. The Balaban J connectivity index is 2.13. The molecule has 1 aliphatic heterocycles. The van der Waals surface area contributed by atoms with E-state index >= 15 is 0 Å². The Hall–Kier alpha value is -1.10. The summed E-state index contributed by atoms with van der Waals surface area (Å²) in [5, 5.41) is 3.03. The molecule has 1 aliphatic carbocycles. The third kappa shape index (κ3) is 3.07. The summed E-state index contributed by atoms with van der Waals surface area (Å²) in [6, 6.07) is 0. The molecule has 1 N–H and O–H groups in total. The van der Waals surface area contributed by atoms with E-state index in [1.807, 2.05) is 13.8 Å². The van der Waals surface area contributed by atoms with Gasteiger partial charge < -0.3 is 15.0 Å². The molecule has 0 aromatic heterocycles. The lowest BCUT2D eigenvalue weighted by Gasteiger charge is -2.51. The standard InChI is InChI=1S/C16H28N2O3/c1-4-11-21-12-10-18-14(20)16(8-6-5-7-9-16)17-13(19)15(18,2)3/h4-12H2,1-3H3,(H,17,19). The van der Waals surface area contributed by atoms with Crippen LogP contribution in [-0.2, 0) is 14.3 Å². The first-order valence-electron chi connectivity index (χ1n) is 8.16. The van der Waals surface area contributed by atoms with Crippen molar-refractivity contribution in [2.24, 2.45) is 0 Å². The highest BCUT2D eigenvalue weighted by Gasteiger charge is 2.54. The second kappa shape index (κ2) is 6.34. The molecule has 0 atom stereocenters. The molecule has 0 radical (unpaired) electrons. The van der Waals surface area contributed by atoms with Gasteiger partial charge in [-0.25, -0.2) is 0 Å². The van der Waals surface area contributed by atoms with Crippen molar-refractivity contribution in [1.29, 1.82) is 0 Å². The molecule has 0 unspecified atom stereocenters. The first-order chi connectivity index (χ1) is 9.94. The Labute approximate surface area is 127 Å². The minimum Gasteiger partial charge on any atom is -0.380 e. The molecule has 21 heavy (non-hydrogen) atoms. The van der Waals surface area contributed by atoms with Crippen LogP contribution >= 0.6 is 0 Å². The molecular formula is C16H28N2O3. The third-order valence-corrected chi connectivity index (χ3v) is 4.75. The smallest absolute Gasteiger partial charge is 0.249 e. The largest absolute Gasteiger partial charge is 0.380 e. The van der Waals surface area contributed by atoms with Crippen molar-refractivity contribution in [1.82, 2.24) is 10.2 Å². The van der Waals surface area contributed by atoms with Crippen molar-refractivity contribution >= 4 is 11.8 Å². The number of ether oxygens (including phenoxy) is 1. The first kappa shape index (κ1) is 16.3. The van der Waals surface area contributed by atoms with Crippen LogP contribution in [0.4, 0.5) is 0 Å². The molecule has 1 heterocycles. The second-order valence-corrected chi connectivity index (χ2v) is 6.73. The monoisotopic (exact) mass is 296 g/mol. The zero-order chi connectivity index (χ0) is 15.5. The first-order valence-corrected chi connectivity index (χ1v) is 8.16. The molecule has 0 bridgehead atoms. The van der Waals surface area contributed by atoms with E-state index in [9.17, 15) is 9.59 Å². The summed E-state index contributed by atoms with van der Waals surface area (Å²) in [4.78, 5) is 27.2. The predicted molar refractivity (Wildman–Crippen MR) is 80.9 cm³/mol. The maximum atomic E-state index is 13.0. The summed E-state index contributed by atoms with van der Waals surface area (Å²) in [5.74, 6) is 0.0337. The van der Waals surface area contributed by atoms with E-state index in [0.717, 1.165) is 38.5 Å². The van der Waals surface area contributed by atoms with Crippen LogP contribution in [0.25, 0.3) is 0 Å². The van der Waals surface area contributed by atoms with Crippen molar-refractivity contribution in [3.05, 3.63) is 0 Å². The third-order valence-electron chi connectivity index (χ3n) is 4.75. The van der Waals surface area contributed by atoms with Crippen molar-refractivity contribution in [3.8, 4) is 0 Å². The number of hydrogen-bond acceptors (Lipinski definition) is 3. The Kier molecular flexibility index (Phi) is 4.91. The van der Waals surface area contributed by atoms with Gasteiger partial charge in [-0.3, -0.25) is 9.59 Å². The number of amides is 2. The SMILES string of the molecule is CCCOCCN1C(=O)C2(CCCCC2)NC(=O)C1(C)C. The molecule has 0 aromatic rings. The van der Waals surface area contributed by atoms with Gasteiger partial charge in [0.25, 0.3) is 0 Å². The number of carbonyl (C=O) groups is 2. The average Bonchev–Trinajstić information content (AvgIpc) is 2.46. The van der Waals surface area contributed by atoms with E-state index in [0.29, 0.717) is 19.8 Å². The number of hydrogen-bond donors (Lipinski definition) is 1. The van der Waals surface area contributed by atoms with Gasteiger partial charge in [0.05, 0.1) is 6.61 Å². The van der Waals surface area contributed by atoms with Gasteiger partial charge in [-0.15, -0.1) is 0 Å². The van der Waals surface area contributed by atoms with E-state index in [1.165, 1.54) is 0 Å². The Morgan fingerprint density at radius 1 is 1.14 bits per heavy atom. The topological polar surface area (TPSA) is 58.6 Å². The molecule has 5 heteroatoms. The molecule has 120 valence electrons. The van der Waals surface area contributed by atoms with E-state index < -0.39 is 11.1 Å². The molecule has 1 saturated heterocycles. The van der Waals surface area contributed by atoms with Crippen LogP contribution in [0.2, 0.25) is 0 Å². The molecule has 2 aliphatic rings. The van der Waals surface area contributed by atoms with Crippen LogP contribution in [0.3, 0.4) is 0 Å². The van der Waals surface area contributed by atoms with E-state index in [1.54, 1.807) is 4.90 Å². The Morgan fingerprint density at radius 3 is 2.43 bits per heavy atom. The minimum absolute atomic E-state index is 0.0421. The van der Waals surface area contributed by atoms with Gasteiger partial charge in [0.1, 0.15) is 11.1 Å². The van der Waals surface area contributed by atoms with Crippen molar-refractivity contribution < 1.29 is 14.3 Å². The number of piperazine rings is 1. The molecule has 1 saturated carbocycles. The van der Waals surface area contributed by atoms with Gasteiger partial charge in [0.2, 0.25) is 11.8 Å². The maximum Gasteiger partial charge on any atom is 0.249 e. The summed E-state index contributed by atoms with van der Waals surface area (Å²) >= 11 is 0. The van der Waals surface area contributed by atoms with Crippen LogP contribution < -0.4 is 5.32 Å². The minimum atomic E-state index is -0.796. The molecular weight excluding hydrogens is 268 g/mol. The van der Waals surface area contributed by atoms with Gasteiger partial charge in [0, 0.05) is 13.2 Å². The molecule has 2 rings (SSSR count). The lowest BCUT2D eigenvalue weighted by Crippen LogP contribution is -2.74. The molecule has 1 spiro atoms. The number of carbonyl (C=O) groups excluding carboxylic acids is 2. The second-order valence-electron chi connectivity index (χ2n) is 6.73. The van der Waals surface area contributed by atoms with Crippen LogP contribution in [0, 0.1) is 0 Å².